The van der Waals surface area contributed by atoms with E-state index in [4.69, 9.17) is 5.11 Å². The first-order valence-electron chi connectivity index (χ1n) is 6.07. The van der Waals surface area contributed by atoms with Crippen LogP contribution in [0.1, 0.15) is 5.56 Å². The minimum Gasteiger partial charge on any atom is -0.481 e. The van der Waals surface area contributed by atoms with Crippen molar-refractivity contribution in [3.63, 3.8) is 0 Å². The highest BCUT2D eigenvalue weighted by molar-refractivity contribution is 7.99. The summed E-state index contributed by atoms with van der Waals surface area (Å²) in [6.45, 7) is 0.645. The van der Waals surface area contributed by atoms with Crippen molar-refractivity contribution < 1.29 is 9.90 Å². The second kappa shape index (κ2) is 6.42. The van der Waals surface area contributed by atoms with Gasteiger partial charge >= 0.3 is 5.97 Å². The summed E-state index contributed by atoms with van der Waals surface area (Å²) >= 11 is 4.42. The molecule has 0 fully saturated rings. The summed E-state index contributed by atoms with van der Waals surface area (Å²) < 4.78 is 1.97. The van der Waals surface area contributed by atoms with Crippen LogP contribution < -0.4 is 0 Å². The summed E-state index contributed by atoms with van der Waals surface area (Å²) in [5.74, 6) is -0.0986. The fraction of sp³-hybridized carbons (Fsp3) is 0.154. The van der Waals surface area contributed by atoms with E-state index < -0.39 is 5.97 Å². The molecule has 5 nitrogen and oxygen atoms in total. The average Bonchev–Trinajstić information content (AvgIpc) is 3.18. The van der Waals surface area contributed by atoms with Gasteiger partial charge in [-0.15, -0.1) is 21.5 Å². The van der Waals surface area contributed by atoms with Gasteiger partial charge in [-0.05, 0) is 33.8 Å². The molecule has 3 aromatic heterocycles. The number of aromatic nitrogens is 3. The maximum Gasteiger partial charge on any atom is 0.313 e. The van der Waals surface area contributed by atoms with E-state index in [1.54, 1.807) is 22.7 Å². The van der Waals surface area contributed by atoms with Gasteiger partial charge in [0.15, 0.2) is 11.0 Å². The number of carbonyl (C=O) groups is 1. The molecule has 0 aliphatic rings. The number of thiophene rings is 2. The van der Waals surface area contributed by atoms with Crippen molar-refractivity contribution in [1.82, 2.24) is 14.8 Å². The highest BCUT2D eigenvalue weighted by Crippen LogP contribution is 2.28. The van der Waals surface area contributed by atoms with E-state index in [9.17, 15) is 4.79 Å². The Balaban J connectivity index is 1.94. The molecule has 0 radical (unpaired) electrons. The molecule has 0 aromatic carbocycles. The summed E-state index contributed by atoms with van der Waals surface area (Å²) in [7, 11) is 0. The highest BCUT2D eigenvalue weighted by Gasteiger charge is 2.16. The monoisotopic (exact) mass is 337 g/mol. The molecule has 0 aliphatic carbocycles. The van der Waals surface area contributed by atoms with Gasteiger partial charge in [-0.3, -0.25) is 9.36 Å². The van der Waals surface area contributed by atoms with E-state index in [-0.39, 0.29) is 5.75 Å². The van der Waals surface area contributed by atoms with Gasteiger partial charge in [0.25, 0.3) is 0 Å². The molecule has 3 aromatic rings. The lowest BCUT2D eigenvalue weighted by atomic mass is 10.3. The third-order valence-electron chi connectivity index (χ3n) is 2.70. The zero-order chi connectivity index (χ0) is 14.7. The molecule has 108 valence electrons. The Morgan fingerprint density at radius 2 is 2.24 bits per heavy atom. The molecular weight excluding hydrogens is 326 g/mol. The van der Waals surface area contributed by atoms with Crippen LogP contribution in [0.4, 0.5) is 0 Å². The van der Waals surface area contributed by atoms with Gasteiger partial charge in [0.2, 0.25) is 0 Å². The molecule has 0 saturated carbocycles. The predicted octanol–water partition coefficient (Wildman–Crippen LogP) is 3.29. The third kappa shape index (κ3) is 3.34. The van der Waals surface area contributed by atoms with Crippen LogP contribution in [0.15, 0.2) is 39.5 Å². The number of hydrogen-bond donors (Lipinski definition) is 1. The predicted molar refractivity (Wildman–Crippen MR) is 85.1 cm³/mol. The van der Waals surface area contributed by atoms with Crippen molar-refractivity contribution in [3.05, 3.63) is 39.9 Å². The number of thioether (sulfide) groups is 1. The van der Waals surface area contributed by atoms with Crippen LogP contribution in [-0.4, -0.2) is 31.6 Å². The first-order chi connectivity index (χ1) is 10.2. The normalized spacial score (nSPS) is 10.9. The molecule has 8 heteroatoms. The summed E-state index contributed by atoms with van der Waals surface area (Å²) in [6.07, 6.45) is 0. The van der Waals surface area contributed by atoms with E-state index in [1.165, 1.54) is 11.8 Å². The second-order valence-electron chi connectivity index (χ2n) is 4.18. The second-order valence-corrected chi connectivity index (χ2v) is 6.85. The van der Waals surface area contributed by atoms with Crippen LogP contribution in [0.2, 0.25) is 0 Å². The van der Waals surface area contributed by atoms with Crippen LogP contribution >= 0.6 is 34.4 Å². The van der Waals surface area contributed by atoms with Crippen molar-refractivity contribution in [3.8, 4) is 10.7 Å². The maximum absolute atomic E-state index is 10.8. The molecule has 21 heavy (non-hydrogen) atoms. The molecule has 0 amide bonds. The van der Waals surface area contributed by atoms with Crippen LogP contribution in [-0.2, 0) is 11.3 Å². The molecule has 3 heterocycles. The first-order valence-corrected chi connectivity index (χ1v) is 8.87. The number of carboxylic acids is 1. The fourth-order valence-corrected chi connectivity index (χ4v) is 3.85. The van der Waals surface area contributed by atoms with E-state index in [0.717, 1.165) is 16.3 Å². The number of carboxylic acid groups (broad SMARTS) is 1. The Kier molecular flexibility index (Phi) is 4.37. The molecule has 1 N–H and O–H groups in total. The Hall–Kier alpha value is -1.64. The smallest absolute Gasteiger partial charge is 0.313 e. The van der Waals surface area contributed by atoms with E-state index in [2.05, 4.69) is 21.6 Å². The number of aliphatic carboxylic acids is 1. The van der Waals surface area contributed by atoms with Gasteiger partial charge in [-0.25, -0.2) is 0 Å². The lowest BCUT2D eigenvalue weighted by molar-refractivity contribution is -0.133. The molecule has 0 spiro atoms. The van der Waals surface area contributed by atoms with E-state index in [0.29, 0.717) is 11.7 Å². The van der Waals surface area contributed by atoms with Crippen LogP contribution in [0.5, 0.6) is 0 Å². The average molecular weight is 337 g/mol. The van der Waals surface area contributed by atoms with Crippen LogP contribution in [0.3, 0.4) is 0 Å². The molecule has 0 aliphatic heterocycles. The largest absolute Gasteiger partial charge is 0.481 e. The minimum atomic E-state index is -0.859. The number of rotatable bonds is 6. The molecular formula is C13H11N3O2S3. The molecule has 0 unspecified atom stereocenters. The summed E-state index contributed by atoms with van der Waals surface area (Å²) in [5, 5.41) is 23.9. The Bertz CT molecular complexity index is 720. The number of nitrogens with zero attached hydrogens (tertiary/aromatic N) is 3. The Labute approximate surface area is 133 Å². The van der Waals surface area contributed by atoms with Gasteiger partial charge in [-0.1, -0.05) is 17.8 Å². The standard InChI is InChI=1S/C13H11N3O2S3/c17-11(18)8-21-13-15-14-12(10-2-1-4-20-10)16(13)6-9-3-5-19-7-9/h1-5,7H,6,8H2,(H,17,18). The molecule has 0 atom stereocenters. The quantitative estimate of drug-likeness (QED) is 0.699. The zero-order valence-corrected chi connectivity index (χ0v) is 13.2. The lowest BCUT2D eigenvalue weighted by Crippen LogP contribution is -2.05. The lowest BCUT2D eigenvalue weighted by Gasteiger charge is -2.07. The Morgan fingerprint density at radius 1 is 1.33 bits per heavy atom. The summed E-state index contributed by atoms with van der Waals surface area (Å²) in [6, 6.07) is 6.01. The van der Waals surface area contributed by atoms with Gasteiger partial charge < -0.3 is 5.11 Å². The minimum absolute atomic E-state index is 0.0216. The molecule has 0 saturated heterocycles. The van der Waals surface area contributed by atoms with Gasteiger partial charge in [0, 0.05) is 0 Å². The topological polar surface area (TPSA) is 68.0 Å². The fourth-order valence-electron chi connectivity index (χ4n) is 1.82. The van der Waals surface area contributed by atoms with Crippen LogP contribution in [0.25, 0.3) is 10.7 Å². The molecule has 0 bridgehead atoms. The van der Waals surface area contributed by atoms with Crippen molar-refractivity contribution in [2.75, 3.05) is 5.75 Å². The molecule has 3 rings (SSSR count). The van der Waals surface area contributed by atoms with E-state index >= 15 is 0 Å². The summed E-state index contributed by atoms with van der Waals surface area (Å²) in [4.78, 5) is 11.8. The van der Waals surface area contributed by atoms with Gasteiger partial charge in [-0.2, -0.15) is 11.3 Å². The zero-order valence-electron chi connectivity index (χ0n) is 10.8. The number of hydrogen-bond acceptors (Lipinski definition) is 6. The van der Waals surface area contributed by atoms with Crippen molar-refractivity contribution in [2.45, 2.75) is 11.7 Å². The van der Waals surface area contributed by atoms with E-state index in [1.807, 2.05) is 27.5 Å². The maximum atomic E-state index is 10.8. The van der Waals surface area contributed by atoms with Crippen LogP contribution in [0, 0.1) is 0 Å². The van der Waals surface area contributed by atoms with Crippen molar-refractivity contribution in [2.24, 2.45) is 0 Å². The SMILES string of the molecule is O=C(O)CSc1nnc(-c2cccs2)n1Cc1ccsc1. The Morgan fingerprint density at radius 3 is 2.90 bits per heavy atom. The van der Waals surface area contributed by atoms with Crippen molar-refractivity contribution in [1.29, 1.82) is 0 Å². The summed E-state index contributed by atoms with van der Waals surface area (Å²) in [5.41, 5.74) is 1.16. The van der Waals surface area contributed by atoms with Gasteiger partial charge in [0.05, 0.1) is 17.2 Å². The highest BCUT2D eigenvalue weighted by atomic mass is 32.2. The van der Waals surface area contributed by atoms with Crippen molar-refractivity contribution >= 4 is 40.4 Å². The van der Waals surface area contributed by atoms with Gasteiger partial charge in [0.1, 0.15) is 0 Å². The first kappa shape index (κ1) is 14.3. The third-order valence-corrected chi connectivity index (χ3v) is 5.25.